The highest BCUT2D eigenvalue weighted by Gasteiger charge is 2.12. The molecule has 0 saturated carbocycles. The first-order valence-electron chi connectivity index (χ1n) is 7.14. The van der Waals surface area contributed by atoms with E-state index in [2.05, 4.69) is 31.0 Å². The molecular weight excluding hydrogens is 196 g/mol. The molecule has 0 amide bonds. The van der Waals surface area contributed by atoms with Crippen LogP contribution < -0.4 is 5.32 Å². The van der Waals surface area contributed by atoms with E-state index in [-0.39, 0.29) is 0 Å². The molecule has 0 radical (unpaired) electrons. The summed E-state index contributed by atoms with van der Waals surface area (Å²) in [5.74, 6) is 0.846. The van der Waals surface area contributed by atoms with E-state index in [1.165, 1.54) is 58.3 Å². The van der Waals surface area contributed by atoms with Crippen LogP contribution in [0.3, 0.4) is 0 Å². The third-order valence-corrected chi connectivity index (χ3v) is 3.43. The molecule has 1 aliphatic rings. The third-order valence-electron chi connectivity index (χ3n) is 3.43. The molecule has 1 fully saturated rings. The van der Waals surface area contributed by atoms with Crippen LogP contribution in [0.2, 0.25) is 0 Å². The van der Waals surface area contributed by atoms with Crippen molar-refractivity contribution in [3.05, 3.63) is 0 Å². The molecule has 1 aliphatic heterocycles. The van der Waals surface area contributed by atoms with E-state index >= 15 is 0 Å². The molecule has 1 rings (SSSR count). The summed E-state index contributed by atoms with van der Waals surface area (Å²) >= 11 is 0. The van der Waals surface area contributed by atoms with Crippen LogP contribution in [0.5, 0.6) is 0 Å². The zero-order valence-electron chi connectivity index (χ0n) is 11.5. The third kappa shape index (κ3) is 6.49. The van der Waals surface area contributed by atoms with E-state index in [9.17, 15) is 0 Å². The largest absolute Gasteiger partial charge is 0.313 e. The second kappa shape index (κ2) is 8.08. The quantitative estimate of drug-likeness (QED) is 0.672. The number of piperidine rings is 1. The zero-order chi connectivity index (χ0) is 11.8. The van der Waals surface area contributed by atoms with Crippen molar-refractivity contribution in [2.75, 3.05) is 26.2 Å². The van der Waals surface area contributed by atoms with Crippen molar-refractivity contribution in [2.24, 2.45) is 5.92 Å². The minimum Gasteiger partial charge on any atom is -0.313 e. The van der Waals surface area contributed by atoms with E-state index in [0.29, 0.717) is 6.04 Å². The molecule has 0 aromatic carbocycles. The van der Waals surface area contributed by atoms with Gasteiger partial charge < -0.3 is 10.2 Å². The number of nitrogens with one attached hydrogen (secondary N) is 1. The summed E-state index contributed by atoms with van der Waals surface area (Å²) in [6.07, 6.45) is 6.91. The summed E-state index contributed by atoms with van der Waals surface area (Å²) in [6.45, 7) is 12.0. The second-order valence-electron chi connectivity index (χ2n) is 5.75. The molecule has 1 atom stereocenters. The number of likely N-dealkylation sites (tertiary alicyclic amines) is 1. The molecule has 0 spiro atoms. The van der Waals surface area contributed by atoms with E-state index in [1.807, 2.05) is 0 Å². The molecule has 0 aromatic heterocycles. The molecule has 96 valence electrons. The van der Waals surface area contributed by atoms with Crippen molar-refractivity contribution in [2.45, 2.75) is 58.9 Å². The average molecular weight is 226 g/mol. The number of rotatable bonds is 7. The predicted molar refractivity (Wildman–Crippen MR) is 71.8 cm³/mol. The summed E-state index contributed by atoms with van der Waals surface area (Å²) in [7, 11) is 0. The maximum atomic E-state index is 3.64. The van der Waals surface area contributed by atoms with Crippen molar-refractivity contribution in [3.63, 3.8) is 0 Å². The fraction of sp³-hybridized carbons (Fsp3) is 1.00. The van der Waals surface area contributed by atoms with Crippen molar-refractivity contribution in [3.8, 4) is 0 Å². The van der Waals surface area contributed by atoms with E-state index in [4.69, 9.17) is 0 Å². The van der Waals surface area contributed by atoms with Gasteiger partial charge in [-0.3, -0.25) is 0 Å². The van der Waals surface area contributed by atoms with Crippen molar-refractivity contribution in [1.82, 2.24) is 10.2 Å². The molecule has 0 aliphatic carbocycles. The first-order chi connectivity index (χ1) is 7.68. The first kappa shape index (κ1) is 14.0. The van der Waals surface area contributed by atoms with Gasteiger partial charge in [0.1, 0.15) is 0 Å². The van der Waals surface area contributed by atoms with Crippen molar-refractivity contribution in [1.29, 1.82) is 0 Å². The summed E-state index contributed by atoms with van der Waals surface area (Å²) in [4.78, 5) is 2.61. The smallest absolute Gasteiger partial charge is 0.0166 e. The Labute approximate surface area is 102 Å². The van der Waals surface area contributed by atoms with Gasteiger partial charge >= 0.3 is 0 Å². The van der Waals surface area contributed by atoms with Gasteiger partial charge in [-0.1, -0.05) is 20.3 Å². The van der Waals surface area contributed by atoms with Crippen LogP contribution >= 0.6 is 0 Å². The van der Waals surface area contributed by atoms with Crippen LogP contribution in [0.15, 0.2) is 0 Å². The summed E-state index contributed by atoms with van der Waals surface area (Å²) in [5.41, 5.74) is 0. The van der Waals surface area contributed by atoms with Crippen molar-refractivity contribution >= 4 is 0 Å². The molecule has 2 heteroatoms. The number of hydrogen-bond acceptors (Lipinski definition) is 2. The highest BCUT2D eigenvalue weighted by atomic mass is 15.1. The SMILES string of the molecule is CC(C)CCCNC(C)CN1CCCCC1. The Morgan fingerprint density at radius 2 is 1.75 bits per heavy atom. The molecule has 1 saturated heterocycles. The maximum Gasteiger partial charge on any atom is 0.0166 e. The van der Waals surface area contributed by atoms with E-state index in [1.54, 1.807) is 0 Å². The van der Waals surface area contributed by atoms with Crippen LogP contribution in [0.4, 0.5) is 0 Å². The normalized spacial score (nSPS) is 20.2. The summed E-state index contributed by atoms with van der Waals surface area (Å²) in [5, 5.41) is 3.64. The Bertz CT molecular complexity index is 162. The Morgan fingerprint density at radius 3 is 2.38 bits per heavy atom. The average Bonchev–Trinajstić information content (AvgIpc) is 2.25. The van der Waals surface area contributed by atoms with Gasteiger partial charge in [-0.15, -0.1) is 0 Å². The van der Waals surface area contributed by atoms with Crippen LogP contribution in [-0.2, 0) is 0 Å². The van der Waals surface area contributed by atoms with Gasteiger partial charge in [0, 0.05) is 12.6 Å². The topological polar surface area (TPSA) is 15.3 Å². The van der Waals surface area contributed by atoms with Crippen LogP contribution in [0, 0.1) is 5.92 Å². The molecule has 0 aromatic rings. The van der Waals surface area contributed by atoms with Crippen LogP contribution in [0.1, 0.15) is 52.9 Å². The highest BCUT2D eigenvalue weighted by molar-refractivity contribution is 4.71. The predicted octanol–water partition coefficient (Wildman–Crippen LogP) is 2.89. The van der Waals surface area contributed by atoms with Gasteiger partial charge in [0.2, 0.25) is 0 Å². The fourth-order valence-electron chi connectivity index (χ4n) is 2.45. The molecule has 16 heavy (non-hydrogen) atoms. The molecule has 1 heterocycles. The molecule has 1 unspecified atom stereocenters. The lowest BCUT2D eigenvalue weighted by Gasteiger charge is -2.29. The Kier molecular flexibility index (Phi) is 7.06. The summed E-state index contributed by atoms with van der Waals surface area (Å²) in [6, 6.07) is 0.658. The van der Waals surface area contributed by atoms with Gasteiger partial charge in [-0.2, -0.15) is 0 Å². The number of hydrogen-bond donors (Lipinski definition) is 1. The molecular formula is C14H30N2. The number of nitrogens with zero attached hydrogens (tertiary/aromatic N) is 1. The van der Waals surface area contributed by atoms with E-state index < -0.39 is 0 Å². The molecule has 1 N–H and O–H groups in total. The monoisotopic (exact) mass is 226 g/mol. The second-order valence-corrected chi connectivity index (χ2v) is 5.75. The highest BCUT2D eigenvalue weighted by Crippen LogP contribution is 2.09. The van der Waals surface area contributed by atoms with E-state index in [0.717, 1.165) is 5.92 Å². The Morgan fingerprint density at radius 1 is 1.06 bits per heavy atom. The molecule has 2 nitrogen and oxygen atoms in total. The van der Waals surface area contributed by atoms with Gasteiger partial charge in [-0.05, 0) is 58.2 Å². The minimum atomic E-state index is 0.658. The lowest BCUT2D eigenvalue weighted by atomic mass is 10.1. The van der Waals surface area contributed by atoms with Crippen LogP contribution in [-0.4, -0.2) is 37.1 Å². The first-order valence-corrected chi connectivity index (χ1v) is 7.14. The standard InChI is InChI=1S/C14H30N2/c1-13(2)8-7-9-15-14(3)12-16-10-5-4-6-11-16/h13-15H,4-12H2,1-3H3. The van der Waals surface area contributed by atoms with Gasteiger partial charge in [0.05, 0.1) is 0 Å². The van der Waals surface area contributed by atoms with Gasteiger partial charge in [0.15, 0.2) is 0 Å². The zero-order valence-corrected chi connectivity index (χ0v) is 11.5. The van der Waals surface area contributed by atoms with Gasteiger partial charge in [0.25, 0.3) is 0 Å². The Balaban J connectivity index is 1.99. The van der Waals surface area contributed by atoms with Gasteiger partial charge in [-0.25, -0.2) is 0 Å². The molecule has 0 bridgehead atoms. The summed E-state index contributed by atoms with van der Waals surface area (Å²) < 4.78 is 0. The Hall–Kier alpha value is -0.0800. The maximum absolute atomic E-state index is 3.64. The van der Waals surface area contributed by atoms with Crippen LogP contribution in [0.25, 0.3) is 0 Å². The lowest BCUT2D eigenvalue weighted by Crippen LogP contribution is -2.41. The minimum absolute atomic E-state index is 0.658. The fourth-order valence-corrected chi connectivity index (χ4v) is 2.45. The van der Waals surface area contributed by atoms with Crippen molar-refractivity contribution < 1.29 is 0 Å². The lowest BCUT2D eigenvalue weighted by molar-refractivity contribution is 0.209.